The average molecular weight is 361 g/mol. The van der Waals surface area contributed by atoms with Gasteiger partial charge in [0.05, 0.1) is 4.90 Å². The van der Waals surface area contributed by atoms with Crippen molar-refractivity contribution >= 4 is 34.7 Å². The normalized spacial score (nSPS) is 15.1. The van der Waals surface area contributed by atoms with Gasteiger partial charge < -0.3 is 15.4 Å². The van der Waals surface area contributed by atoms with Crippen LogP contribution in [0.4, 0.5) is 4.39 Å². The van der Waals surface area contributed by atoms with Gasteiger partial charge in [-0.3, -0.25) is 4.99 Å². The lowest BCUT2D eigenvalue weighted by atomic mass is 9.80. The summed E-state index contributed by atoms with van der Waals surface area (Å²) in [5.41, 5.74) is 1.10. The molecule has 0 unspecified atom stereocenters. The van der Waals surface area contributed by atoms with Crippen molar-refractivity contribution in [3.05, 3.63) is 59.4 Å². The predicted octanol–water partition coefficient (Wildman–Crippen LogP) is -0.379. The highest BCUT2D eigenvalue weighted by molar-refractivity contribution is 7.90. The molecule has 0 amide bonds. The van der Waals surface area contributed by atoms with Gasteiger partial charge >= 0.3 is 7.12 Å². The highest BCUT2D eigenvalue weighted by Gasteiger charge is 2.30. The average Bonchev–Trinajstić information content (AvgIpc) is 2.83. The summed E-state index contributed by atoms with van der Waals surface area (Å²) in [7, 11) is -5.66. The summed E-state index contributed by atoms with van der Waals surface area (Å²) in [6.07, 6.45) is 1.52. The van der Waals surface area contributed by atoms with E-state index in [1.54, 1.807) is 12.1 Å². The van der Waals surface area contributed by atoms with Crippen molar-refractivity contribution in [2.75, 3.05) is 6.67 Å². The third-order valence-electron chi connectivity index (χ3n) is 3.50. The Morgan fingerprint density at radius 1 is 1.20 bits per heavy atom. The van der Waals surface area contributed by atoms with Crippen molar-refractivity contribution in [1.29, 1.82) is 0 Å². The molecule has 3 rings (SSSR count). The lowest BCUT2D eigenvalue weighted by Gasteiger charge is -2.05. The fraction of sp³-hybridized carbons (Fsp3) is 0.0667. The van der Waals surface area contributed by atoms with Crippen LogP contribution in [-0.2, 0) is 10.0 Å². The van der Waals surface area contributed by atoms with Crippen molar-refractivity contribution in [3.8, 4) is 0 Å². The molecule has 2 aromatic carbocycles. The van der Waals surface area contributed by atoms with E-state index in [-0.39, 0.29) is 28.7 Å². The Labute approximate surface area is 143 Å². The van der Waals surface area contributed by atoms with Crippen LogP contribution < -0.4 is 10.8 Å². The zero-order valence-electron chi connectivity index (χ0n) is 12.8. The molecule has 0 bridgehead atoms. The maximum absolute atomic E-state index is 12.8. The number of nitrogens with one attached hydrogen (secondary N) is 1. The van der Waals surface area contributed by atoms with E-state index in [1.807, 2.05) is 0 Å². The third-order valence-corrected chi connectivity index (χ3v) is 4.81. The second kappa shape index (κ2) is 6.75. The van der Waals surface area contributed by atoms with Crippen molar-refractivity contribution in [1.82, 2.24) is 5.32 Å². The van der Waals surface area contributed by atoms with Crippen molar-refractivity contribution < 1.29 is 22.9 Å². The first-order valence-electron chi connectivity index (χ1n) is 7.21. The maximum Gasteiger partial charge on any atom is 0.488 e. The van der Waals surface area contributed by atoms with E-state index in [0.717, 1.165) is 0 Å². The molecule has 0 aliphatic carbocycles. The second-order valence-electron chi connectivity index (χ2n) is 5.24. The van der Waals surface area contributed by atoms with E-state index in [9.17, 15) is 12.8 Å². The first-order chi connectivity index (χ1) is 11.9. The molecule has 1 aliphatic rings. The van der Waals surface area contributed by atoms with E-state index in [4.69, 9.17) is 10.0 Å². The molecule has 128 valence electrons. The van der Waals surface area contributed by atoms with E-state index >= 15 is 0 Å². The fourth-order valence-corrected chi connectivity index (χ4v) is 3.50. The molecule has 0 fully saturated rings. The van der Waals surface area contributed by atoms with Gasteiger partial charge in [0.2, 0.25) is 0 Å². The number of amidine groups is 1. The number of nitrogens with zero attached hydrogens (tertiary/aromatic N) is 2. The van der Waals surface area contributed by atoms with Crippen LogP contribution in [0.25, 0.3) is 0 Å². The molecule has 1 aliphatic heterocycles. The Kier molecular flexibility index (Phi) is 4.66. The number of benzene rings is 2. The molecule has 0 atom stereocenters. The van der Waals surface area contributed by atoms with Crippen molar-refractivity contribution in [2.24, 2.45) is 9.39 Å². The minimum absolute atomic E-state index is 0.0631. The Morgan fingerprint density at radius 3 is 2.60 bits per heavy atom. The highest BCUT2D eigenvalue weighted by atomic mass is 32.2. The Hall–Kier alpha value is -2.56. The Morgan fingerprint density at radius 2 is 1.92 bits per heavy atom. The van der Waals surface area contributed by atoms with Gasteiger partial charge in [-0.2, -0.15) is 8.42 Å². The number of hydrogen-bond acceptors (Lipinski definition) is 6. The predicted molar refractivity (Wildman–Crippen MR) is 92.0 cm³/mol. The van der Waals surface area contributed by atoms with E-state index < -0.39 is 17.1 Å². The number of sulfonamides is 1. The molecule has 0 spiro atoms. The van der Waals surface area contributed by atoms with E-state index in [1.165, 1.54) is 36.5 Å². The van der Waals surface area contributed by atoms with Crippen LogP contribution in [0.2, 0.25) is 0 Å². The van der Waals surface area contributed by atoms with Gasteiger partial charge in [0.25, 0.3) is 10.0 Å². The summed E-state index contributed by atoms with van der Waals surface area (Å²) >= 11 is 0. The molecule has 0 aromatic heterocycles. The van der Waals surface area contributed by atoms with Crippen LogP contribution in [0.5, 0.6) is 0 Å². The van der Waals surface area contributed by atoms with Crippen LogP contribution in [-0.4, -0.2) is 44.3 Å². The van der Waals surface area contributed by atoms with E-state index in [2.05, 4.69) is 14.7 Å². The topological polar surface area (TPSA) is 111 Å². The van der Waals surface area contributed by atoms with Crippen molar-refractivity contribution in [3.63, 3.8) is 0 Å². The minimum atomic E-state index is -3.90. The summed E-state index contributed by atoms with van der Waals surface area (Å²) in [6, 6.07) is 9.78. The largest absolute Gasteiger partial charge is 0.488 e. The number of rotatable bonds is 4. The molecule has 3 N–H and O–H groups in total. The molecule has 0 radical (unpaired) electrons. The quantitative estimate of drug-likeness (QED) is 0.508. The minimum Gasteiger partial charge on any atom is -0.423 e. The van der Waals surface area contributed by atoms with Gasteiger partial charge in [-0.25, -0.2) is 4.39 Å². The monoisotopic (exact) mass is 361 g/mol. The first-order valence-corrected chi connectivity index (χ1v) is 8.65. The standard InChI is InChI=1S/C15H13BFN3O4S/c17-12-4-1-10(2-5-12)8-18-9-19-15-13-6-3-11(16(21)22)7-14(13)25(23,24)20-15/h1-8,21-22H,9H2,(H,19,20)/b18-8+. The van der Waals surface area contributed by atoms with Gasteiger partial charge in [0.1, 0.15) is 18.3 Å². The summed E-state index contributed by atoms with van der Waals surface area (Å²) in [4.78, 5) is 3.99. The summed E-state index contributed by atoms with van der Waals surface area (Å²) < 4.78 is 40.6. The van der Waals surface area contributed by atoms with Gasteiger partial charge in [0.15, 0.2) is 0 Å². The molecule has 1 heterocycles. The Balaban J connectivity index is 1.73. The molecule has 0 saturated carbocycles. The second-order valence-corrected chi connectivity index (χ2v) is 6.81. The van der Waals surface area contributed by atoms with E-state index in [0.29, 0.717) is 11.1 Å². The number of hydrogen-bond donors (Lipinski definition) is 3. The first kappa shape index (κ1) is 17.3. The number of halogens is 1. The highest BCUT2D eigenvalue weighted by Crippen LogP contribution is 2.24. The van der Waals surface area contributed by atoms with Crippen LogP contribution in [0.15, 0.2) is 56.8 Å². The van der Waals surface area contributed by atoms with Crippen LogP contribution >= 0.6 is 0 Å². The number of fused-ring (bicyclic) bond motifs is 1. The van der Waals surface area contributed by atoms with Crippen LogP contribution in [0.3, 0.4) is 0 Å². The lowest BCUT2D eigenvalue weighted by molar-refractivity contribution is 0.425. The zero-order chi connectivity index (χ0) is 18.0. The van der Waals surface area contributed by atoms with Gasteiger partial charge in [0, 0.05) is 11.8 Å². The van der Waals surface area contributed by atoms with Gasteiger partial charge in [-0.1, -0.05) is 24.3 Å². The number of aliphatic imine (C=N–C) groups is 1. The smallest absolute Gasteiger partial charge is 0.423 e. The lowest BCUT2D eigenvalue weighted by Crippen LogP contribution is -2.31. The summed E-state index contributed by atoms with van der Waals surface area (Å²) in [6.45, 7) is 0.0650. The SMILES string of the molecule is O=S1(=O)N=C(NC/N=C/c2ccc(F)cc2)c2ccc(B(O)O)cc21. The summed E-state index contributed by atoms with van der Waals surface area (Å²) in [5, 5.41) is 21.1. The summed E-state index contributed by atoms with van der Waals surface area (Å²) in [5.74, 6) is -0.213. The van der Waals surface area contributed by atoms with Crippen LogP contribution in [0.1, 0.15) is 11.1 Å². The molecule has 0 saturated heterocycles. The molecule has 25 heavy (non-hydrogen) atoms. The van der Waals surface area contributed by atoms with Crippen molar-refractivity contribution in [2.45, 2.75) is 4.90 Å². The molecular weight excluding hydrogens is 348 g/mol. The maximum atomic E-state index is 12.8. The molecule has 10 heteroatoms. The third kappa shape index (κ3) is 3.76. The molecule has 2 aromatic rings. The fourth-order valence-electron chi connectivity index (χ4n) is 2.28. The Bertz CT molecular complexity index is 959. The van der Waals surface area contributed by atoms with Crippen LogP contribution in [0, 0.1) is 5.82 Å². The molecule has 7 nitrogen and oxygen atoms in total. The molecular formula is C15H13BFN3O4S. The van der Waals surface area contributed by atoms with Gasteiger partial charge in [-0.05, 0) is 29.2 Å². The zero-order valence-corrected chi connectivity index (χ0v) is 13.6. The van der Waals surface area contributed by atoms with Gasteiger partial charge in [-0.15, -0.1) is 4.40 Å².